The summed E-state index contributed by atoms with van der Waals surface area (Å²) >= 11 is 0. The van der Waals surface area contributed by atoms with Gasteiger partial charge in [0.25, 0.3) is 0 Å². The second-order valence-electron chi connectivity index (χ2n) is 3.05. The average Bonchev–Trinajstić information content (AvgIpc) is 1.59. The van der Waals surface area contributed by atoms with Gasteiger partial charge in [-0.25, -0.2) is 5.11 Å². The summed E-state index contributed by atoms with van der Waals surface area (Å²) in [7, 11) is 7.66. The highest BCUT2D eigenvalue weighted by Gasteiger charge is 2.19. The van der Waals surface area contributed by atoms with Crippen LogP contribution in [0, 0.1) is 0 Å². The molecule has 0 heterocycles. The minimum atomic E-state index is -0.565. The number of hydrogen-bond donors (Lipinski definition) is 0. The van der Waals surface area contributed by atoms with Crippen LogP contribution in [0.5, 0.6) is 0 Å². The molecule has 1 unspecified atom stereocenters. The summed E-state index contributed by atoms with van der Waals surface area (Å²) in [6.45, 7) is 1.69. The first-order valence-electron chi connectivity index (χ1n) is 3.45. The lowest BCUT2D eigenvalue weighted by atomic mass is 10.3. The zero-order valence-corrected chi connectivity index (χ0v) is 7.46. The summed E-state index contributed by atoms with van der Waals surface area (Å²) in [4.78, 5) is 3.86. The molecule has 0 N–H and O–H groups in total. The topological polar surface area (TPSA) is 26.4 Å². The Morgan fingerprint density at radius 2 is 1.30 bits per heavy atom. The van der Waals surface area contributed by atoms with Crippen molar-refractivity contribution in [2.24, 2.45) is 0 Å². The first-order valence-corrected chi connectivity index (χ1v) is 3.45. The van der Waals surface area contributed by atoms with Crippen molar-refractivity contribution in [3.05, 3.63) is 0 Å². The minimum Gasteiger partial charge on any atom is -0.292 e. The predicted molar refractivity (Wildman–Crippen MR) is 41.3 cm³/mol. The lowest BCUT2D eigenvalue weighted by Gasteiger charge is -2.31. The maximum absolute atomic E-state index is 11.0. The summed E-state index contributed by atoms with van der Waals surface area (Å²) in [5.74, 6) is 0. The standard InChI is InChI=1S/C7H17N2O/c1-6(10)7(8(2)3)9(4)5/h6-7H,1-5H3. The molecule has 0 bridgehead atoms. The Hall–Kier alpha value is -0.120. The van der Waals surface area contributed by atoms with Crippen LogP contribution in [0.4, 0.5) is 0 Å². The third-order valence-corrected chi connectivity index (χ3v) is 1.48. The number of likely N-dealkylation sites (N-methyl/N-ethyl adjacent to an activating group) is 2. The normalized spacial score (nSPS) is 15.3. The Bertz CT molecular complexity index is 72.6. The third-order valence-electron chi connectivity index (χ3n) is 1.48. The van der Waals surface area contributed by atoms with E-state index in [4.69, 9.17) is 0 Å². The monoisotopic (exact) mass is 145 g/mol. The van der Waals surface area contributed by atoms with E-state index < -0.39 is 6.10 Å². The van der Waals surface area contributed by atoms with Gasteiger partial charge in [-0.1, -0.05) is 0 Å². The molecule has 0 aliphatic carbocycles. The first-order chi connectivity index (χ1) is 4.46. The fourth-order valence-corrected chi connectivity index (χ4v) is 1.30. The first kappa shape index (κ1) is 9.88. The van der Waals surface area contributed by atoms with Crippen molar-refractivity contribution < 1.29 is 5.11 Å². The Balaban J connectivity index is 3.98. The van der Waals surface area contributed by atoms with E-state index in [0.717, 1.165) is 0 Å². The van der Waals surface area contributed by atoms with Crippen LogP contribution in [0.15, 0.2) is 0 Å². The largest absolute Gasteiger partial charge is 0.292 e. The number of rotatable bonds is 3. The smallest absolute Gasteiger partial charge is 0.119 e. The van der Waals surface area contributed by atoms with Crippen LogP contribution in [0.3, 0.4) is 0 Å². The minimum absolute atomic E-state index is 0.000000000000000444. The van der Waals surface area contributed by atoms with Crippen LogP contribution < -0.4 is 0 Å². The summed E-state index contributed by atoms with van der Waals surface area (Å²) in [6, 6.07) is 0. The van der Waals surface area contributed by atoms with E-state index in [9.17, 15) is 5.11 Å². The van der Waals surface area contributed by atoms with Gasteiger partial charge in [-0.05, 0) is 35.1 Å². The Morgan fingerprint density at radius 3 is 1.30 bits per heavy atom. The van der Waals surface area contributed by atoms with Crippen LogP contribution in [-0.2, 0) is 5.11 Å². The highest BCUT2D eigenvalue weighted by atomic mass is 16.3. The van der Waals surface area contributed by atoms with E-state index in [-0.39, 0.29) is 6.17 Å². The highest BCUT2D eigenvalue weighted by Crippen LogP contribution is 2.02. The van der Waals surface area contributed by atoms with Crippen LogP contribution in [-0.4, -0.2) is 50.3 Å². The Labute approximate surface area is 63.2 Å². The van der Waals surface area contributed by atoms with Gasteiger partial charge < -0.3 is 0 Å². The van der Waals surface area contributed by atoms with Gasteiger partial charge in [-0.3, -0.25) is 9.80 Å². The quantitative estimate of drug-likeness (QED) is 0.532. The van der Waals surface area contributed by atoms with Gasteiger partial charge in [-0.15, -0.1) is 0 Å². The fourth-order valence-electron chi connectivity index (χ4n) is 1.30. The average molecular weight is 145 g/mol. The molecule has 0 spiro atoms. The van der Waals surface area contributed by atoms with Gasteiger partial charge in [0.2, 0.25) is 0 Å². The molecule has 0 saturated heterocycles. The highest BCUT2D eigenvalue weighted by molar-refractivity contribution is 4.67. The van der Waals surface area contributed by atoms with Crippen molar-refractivity contribution in [1.82, 2.24) is 9.80 Å². The van der Waals surface area contributed by atoms with Crippen molar-refractivity contribution >= 4 is 0 Å². The van der Waals surface area contributed by atoms with E-state index in [0.29, 0.717) is 0 Å². The van der Waals surface area contributed by atoms with E-state index >= 15 is 0 Å². The van der Waals surface area contributed by atoms with Crippen LogP contribution in [0.25, 0.3) is 0 Å². The maximum Gasteiger partial charge on any atom is 0.119 e. The molecule has 0 aliphatic rings. The molecule has 0 aromatic heterocycles. The van der Waals surface area contributed by atoms with Crippen molar-refractivity contribution in [2.75, 3.05) is 28.2 Å². The molecule has 0 amide bonds. The van der Waals surface area contributed by atoms with Crippen molar-refractivity contribution in [1.29, 1.82) is 0 Å². The Kier molecular flexibility index (Phi) is 3.86. The van der Waals surface area contributed by atoms with Gasteiger partial charge in [0.1, 0.15) is 6.10 Å². The molecule has 0 aromatic rings. The molecule has 10 heavy (non-hydrogen) atoms. The molecule has 61 valence electrons. The van der Waals surface area contributed by atoms with Gasteiger partial charge >= 0.3 is 0 Å². The third kappa shape index (κ3) is 2.64. The molecule has 0 aromatic carbocycles. The molecule has 0 saturated carbocycles. The van der Waals surface area contributed by atoms with Crippen molar-refractivity contribution in [3.63, 3.8) is 0 Å². The summed E-state index contributed by atoms with van der Waals surface area (Å²) in [6.07, 6.45) is -0.565. The van der Waals surface area contributed by atoms with E-state index in [1.807, 2.05) is 38.0 Å². The van der Waals surface area contributed by atoms with E-state index in [2.05, 4.69) is 0 Å². The Morgan fingerprint density at radius 1 is 1.00 bits per heavy atom. The molecule has 0 aliphatic heterocycles. The summed E-state index contributed by atoms with van der Waals surface area (Å²) < 4.78 is 0. The van der Waals surface area contributed by atoms with E-state index in [1.54, 1.807) is 6.92 Å². The van der Waals surface area contributed by atoms with Crippen LogP contribution >= 0.6 is 0 Å². The second-order valence-corrected chi connectivity index (χ2v) is 3.05. The van der Waals surface area contributed by atoms with Gasteiger partial charge in [0.05, 0.1) is 6.17 Å². The molecular weight excluding hydrogens is 128 g/mol. The molecular formula is C7H17N2O. The van der Waals surface area contributed by atoms with Gasteiger partial charge in [0, 0.05) is 0 Å². The SMILES string of the molecule is CC([O])C(N(C)C)N(C)C. The van der Waals surface area contributed by atoms with Gasteiger partial charge in [-0.2, -0.15) is 0 Å². The molecule has 0 rings (SSSR count). The molecule has 0 fully saturated rings. The zero-order chi connectivity index (χ0) is 8.31. The van der Waals surface area contributed by atoms with Crippen molar-refractivity contribution in [2.45, 2.75) is 19.2 Å². The molecule has 1 radical (unpaired) electrons. The summed E-state index contributed by atoms with van der Waals surface area (Å²) in [5.41, 5.74) is 0. The predicted octanol–water partition coefficient (Wildman–Crippen LogP) is 0.255. The lowest BCUT2D eigenvalue weighted by molar-refractivity contribution is -0.0301. The lowest BCUT2D eigenvalue weighted by Crippen LogP contribution is -2.47. The fraction of sp³-hybridized carbons (Fsp3) is 1.00. The summed E-state index contributed by atoms with van der Waals surface area (Å²) in [5, 5.41) is 11.0. The molecule has 3 nitrogen and oxygen atoms in total. The van der Waals surface area contributed by atoms with Gasteiger partial charge in [0.15, 0.2) is 0 Å². The maximum atomic E-state index is 11.0. The molecule has 3 heteroatoms. The van der Waals surface area contributed by atoms with Crippen LogP contribution in [0.1, 0.15) is 6.92 Å². The van der Waals surface area contributed by atoms with Crippen molar-refractivity contribution in [3.8, 4) is 0 Å². The second kappa shape index (κ2) is 3.91. The zero-order valence-electron chi connectivity index (χ0n) is 7.46. The van der Waals surface area contributed by atoms with Crippen LogP contribution in [0.2, 0.25) is 0 Å². The molecule has 1 atom stereocenters. The number of nitrogens with zero attached hydrogens (tertiary/aromatic N) is 2. The van der Waals surface area contributed by atoms with E-state index in [1.165, 1.54) is 0 Å². The number of hydrogen-bond acceptors (Lipinski definition) is 2.